The van der Waals surface area contributed by atoms with E-state index in [1.54, 1.807) is 21.6 Å². The van der Waals surface area contributed by atoms with Crippen LogP contribution < -0.4 is 0 Å². The Kier molecular flexibility index (Phi) is 2.30. The highest BCUT2D eigenvalue weighted by Crippen LogP contribution is 2.48. The average molecular weight is 206 g/mol. The zero-order chi connectivity index (χ0) is 10.5. The third-order valence-electron chi connectivity index (χ3n) is 3.62. The summed E-state index contributed by atoms with van der Waals surface area (Å²) in [4.78, 5) is 3.08. The molecule has 1 aromatic rings. The van der Waals surface area contributed by atoms with Crippen LogP contribution in [0.2, 0.25) is 0 Å². The number of rotatable bonds is 1. The molecule has 0 spiro atoms. The van der Waals surface area contributed by atoms with E-state index in [0.717, 1.165) is 0 Å². The molecule has 1 heterocycles. The van der Waals surface area contributed by atoms with E-state index in [9.17, 15) is 0 Å². The van der Waals surface area contributed by atoms with Crippen LogP contribution in [-0.2, 0) is 0 Å². The third-order valence-corrected chi connectivity index (χ3v) is 4.90. The van der Waals surface area contributed by atoms with Crippen LogP contribution in [0.15, 0.2) is 5.57 Å². The summed E-state index contributed by atoms with van der Waals surface area (Å²) in [7, 11) is 0. The Morgan fingerprint density at radius 2 is 1.86 bits per heavy atom. The monoisotopic (exact) mass is 206 g/mol. The molecule has 1 unspecified atom stereocenters. The van der Waals surface area contributed by atoms with Gasteiger partial charge in [0.2, 0.25) is 0 Å². The smallest absolute Gasteiger partial charge is 0.0345 e. The fourth-order valence-corrected chi connectivity index (χ4v) is 3.92. The quantitative estimate of drug-likeness (QED) is 0.626. The van der Waals surface area contributed by atoms with Crippen molar-refractivity contribution < 1.29 is 0 Å². The van der Waals surface area contributed by atoms with Crippen molar-refractivity contribution in [1.82, 2.24) is 0 Å². The van der Waals surface area contributed by atoms with Crippen LogP contribution in [0.25, 0.3) is 5.57 Å². The molecule has 0 bridgehead atoms. The van der Waals surface area contributed by atoms with Crippen LogP contribution in [0, 0.1) is 13.8 Å². The summed E-state index contributed by atoms with van der Waals surface area (Å²) in [5.74, 6) is 0.657. The van der Waals surface area contributed by atoms with Crippen molar-refractivity contribution in [3.8, 4) is 0 Å². The lowest BCUT2D eigenvalue weighted by molar-refractivity contribution is 0.910. The minimum atomic E-state index is 0.657. The zero-order valence-corrected chi connectivity index (χ0v) is 10.5. The average Bonchev–Trinajstić information content (AvgIpc) is 2.54. The van der Waals surface area contributed by atoms with E-state index in [0.29, 0.717) is 5.92 Å². The summed E-state index contributed by atoms with van der Waals surface area (Å²) in [6.07, 6.45) is 1.18. The molecule has 1 atom stereocenters. The first-order valence-corrected chi connectivity index (χ1v) is 6.19. The highest BCUT2D eigenvalue weighted by atomic mass is 32.1. The lowest BCUT2D eigenvalue weighted by atomic mass is 9.97. The first-order valence-electron chi connectivity index (χ1n) is 5.37. The predicted octanol–water partition coefficient (Wildman–Crippen LogP) is 4.67. The van der Waals surface area contributed by atoms with Gasteiger partial charge in [0.25, 0.3) is 0 Å². The van der Waals surface area contributed by atoms with Crippen molar-refractivity contribution in [3.63, 3.8) is 0 Å². The van der Waals surface area contributed by atoms with E-state index in [1.165, 1.54) is 16.9 Å². The molecule has 0 fully saturated rings. The van der Waals surface area contributed by atoms with E-state index in [2.05, 4.69) is 34.6 Å². The van der Waals surface area contributed by atoms with Gasteiger partial charge >= 0.3 is 0 Å². The van der Waals surface area contributed by atoms with Crippen LogP contribution in [0.5, 0.6) is 0 Å². The van der Waals surface area contributed by atoms with Crippen molar-refractivity contribution >= 4 is 16.9 Å². The van der Waals surface area contributed by atoms with E-state index < -0.39 is 0 Å². The van der Waals surface area contributed by atoms with Gasteiger partial charge in [-0.15, -0.1) is 11.3 Å². The van der Waals surface area contributed by atoms with E-state index in [4.69, 9.17) is 0 Å². The summed E-state index contributed by atoms with van der Waals surface area (Å²) >= 11 is 1.99. The van der Waals surface area contributed by atoms with Gasteiger partial charge in [-0.2, -0.15) is 0 Å². The van der Waals surface area contributed by atoms with E-state index in [1.807, 2.05) is 11.3 Å². The topological polar surface area (TPSA) is 0 Å². The minimum Gasteiger partial charge on any atom is -0.140 e. The molecule has 1 heteroatoms. The van der Waals surface area contributed by atoms with Gasteiger partial charge in [0.05, 0.1) is 0 Å². The summed E-state index contributed by atoms with van der Waals surface area (Å²) in [5.41, 5.74) is 6.34. The van der Waals surface area contributed by atoms with Crippen molar-refractivity contribution in [2.24, 2.45) is 0 Å². The van der Waals surface area contributed by atoms with Crippen LogP contribution in [-0.4, -0.2) is 0 Å². The molecule has 0 amide bonds. The second kappa shape index (κ2) is 3.23. The van der Waals surface area contributed by atoms with Crippen LogP contribution in [0.4, 0.5) is 0 Å². The molecule has 0 saturated heterocycles. The predicted molar refractivity (Wildman–Crippen MR) is 65.1 cm³/mol. The summed E-state index contributed by atoms with van der Waals surface area (Å²) in [5, 5.41) is 0. The Labute approximate surface area is 90.7 Å². The maximum atomic E-state index is 2.34. The van der Waals surface area contributed by atoms with Gasteiger partial charge in [0.1, 0.15) is 0 Å². The van der Waals surface area contributed by atoms with Crippen molar-refractivity contribution in [2.75, 3.05) is 0 Å². The third kappa shape index (κ3) is 1.12. The van der Waals surface area contributed by atoms with E-state index in [-0.39, 0.29) is 0 Å². The Balaban J connectivity index is 2.66. The SMILES string of the molecule is CCC1=C(C)C(C)c2c1sc(C)c2C. The molecule has 76 valence electrons. The molecule has 14 heavy (non-hydrogen) atoms. The number of thiophene rings is 1. The molecule has 0 aromatic carbocycles. The fourth-order valence-electron chi connectivity index (χ4n) is 2.49. The molecular weight excluding hydrogens is 188 g/mol. The molecule has 2 rings (SSSR count). The first-order chi connectivity index (χ1) is 6.57. The molecule has 0 nitrogen and oxygen atoms in total. The summed E-state index contributed by atoms with van der Waals surface area (Å²) < 4.78 is 0. The zero-order valence-electron chi connectivity index (χ0n) is 9.69. The Morgan fingerprint density at radius 1 is 1.21 bits per heavy atom. The van der Waals surface area contributed by atoms with Crippen molar-refractivity contribution in [3.05, 3.63) is 26.5 Å². The van der Waals surface area contributed by atoms with Gasteiger partial charge in [0, 0.05) is 15.7 Å². The maximum absolute atomic E-state index is 2.34. The number of hydrogen-bond acceptors (Lipinski definition) is 1. The second-order valence-electron chi connectivity index (χ2n) is 4.26. The van der Waals surface area contributed by atoms with Gasteiger partial charge in [0.15, 0.2) is 0 Å². The van der Waals surface area contributed by atoms with Crippen molar-refractivity contribution in [2.45, 2.75) is 47.0 Å². The molecular formula is C13H18S. The fraction of sp³-hybridized carbons (Fsp3) is 0.538. The maximum Gasteiger partial charge on any atom is 0.0345 e. The Morgan fingerprint density at radius 3 is 2.43 bits per heavy atom. The molecule has 1 aromatic heterocycles. The molecule has 0 radical (unpaired) electrons. The number of allylic oxidation sites excluding steroid dienone is 2. The first kappa shape index (κ1) is 9.97. The number of hydrogen-bond donors (Lipinski definition) is 0. The van der Waals surface area contributed by atoms with Gasteiger partial charge in [-0.1, -0.05) is 19.4 Å². The van der Waals surface area contributed by atoms with Gasteiger partial charge in [-0.05, 0) is 43.9 Å². The number of fused-ring (bicyclic) bond motifs is 1. The second-order valence-corrected chi connectivity index (χ2v) is 5.49. The molecule has 0 N–H and O–H groups in total. The molecule has 0 saturated carbocycles. The van der Waals surface area contributed by atoms with Gasteiger partial charge < -0.3 is 0 Å². The van der Waals surface area contributed by atoms with Gasteiger partial charge in [-0.3, -0.25) is 0 Å². The molecule has 1 aliphatic rings. The standard InChI is InChI=1S/C13H18S/c1-6-11-7(2)8(3)12-9(4)10(5)14-13(11)12/h8H,6H2,1-5H3. The molecule has 0 aliphatic heterocycles. The summed E-state index contributed by atoms with van der Waals surface area (Å²) in [6.45, 7) is 11.4. The van der Waals surface area contributed by atoms with E-state index >= 15 is 0 Å². The Hall–Kier alpha value is -0.560. The summed E-state index contributed by atoms with van der Waals surface area (Å²) in [6, 6.07) is 0. The highest BCUT2D eigenvalue weighted by Gasteiger charge is 2.28. The van der Waals surface area contributed by atoms with Crippen LogP contribution in [0.3, 0.4) is 0 Å². The van der Waals surface area contributed by atoms with Crippen LogP contribution >= 0.6 is 11.3 Å². The minimum absolute atomic E-state index is 0.657. The number of aryl methyl sites for hydroxylation is 1. The van der Waals surface area contributed by atoms with Crippen LogP contribution in [0.1, 0.15) is 54.0 Å². The largest absolute Gasteiger partial charge is 0.140 e. The van der Waals surface area contributed by atoms with Crippen molar-refractivity contribution in [1.29, 1.82) is 0 Å². The normalized spacial score (nSPS) is 20.5. The lowest BCUT2D eigenvalue weighted by Gasteiger charge is -2.07. The lowest BCUT2D eigenvalue weighted by Crippen LogP contribution is -1.91. The highest BCUT2D eigenvalue weighted by molar-refractivity contribution is 7.13. The Bertz CT molecular complexity index is 407. The van der Waals surface area contributed by atoms with Gasteiger partial charge in [-0.25, -0.2) is 0 Å². The molecule has 1 aliphatic carbocycles.